The third-order valence-electron chi connectivity index (χ3n) is 4.48. The minimum absolute atomic E-state index is 0. The van der Waals surface area contributed by atoms with Crippen molar-refractivity contribution in [2.24, 2.45) is 11.1 Å². The number of benzene rings is 1. The van der Waals surface area contributed by atoms with Crippen molar-refractivity contribution in [1.82, 2.24) is 10.2 Å². The Morgan fingerprint density at radius 3 is 2.78 bits per heavy atom. The summed E-state index contributed by atoms with van der Waals surface area (Å²) in [5.41, 5.74) is 7.52. The van der Waals surface area contributed by atoms with Crippen LogP contribution in [-0.4, -0.2) is 36.5 Å². The van der Waals surface area contributed by atoms with Crippen LogP contribution < -0.4 is 11.1 Å². The predicted octanol–water partition coefficient (Wildman–Crippen LogP) is 2.23. The first kappa shape index (κ1) is 19.9. The van der Waals surface area contributed by atoms with Crippen LogP contribution in [0.5, 0.6) is 0 Å². The van der Waals surface area contributed by atoms with Gasteiger partial charge in [0.25, 0.3) is 0 Å². The standard InChI is InChI=1S/C17H26FN3O.ClH/c1-12-4-5-13(8-14(12)18)9-20-16(22)10-21-7-6-15(19)17(2,3)11-21;/h4-5,8,15H,6-7,9-11,19H2,1-3H3,(H,20,22);1H. The summed E-state index contributed by atoms with van der Waals surface area (Å²) in [7, 11) is 0. The van der Waals surface area contributed by atoms with E-state index in [-0.39, 0.29) is 35.6 Å². The number of aryl methyl sites for hydroxylation is 1. The van der Waals surface area contributed by atoms with E-state index in [1.54, 1.807) is 13.0 Å². The van der Waals surface area contributed by atoms with Gasteiger partial charge in [-0.3, -0.25) is 9.69 Å². The molecule has 6 heteroatoms. The molecule has 0 bridgehead atoms. The van der Waals surface area contributed by atoms with E-state index in [0.29, 0.717) is 18.7 Å². The molecule has 2 rings (SSSR count). The highest BCUT2D eigenvalue weighted by molar-refractivity contribution is 5.85. The maximum absolute atomic E-state index is 13.5. The second-order valence-corrected chi connectivity index (χ2v) is 6.95. The Labute approximate surface area is 144 Å². The molecule has 0 aromatic heterocycles. The fourth-order valence-electron chi connectivity index (χ4n) is 2.83. The van der Waals surface area contributed by atoms with Gasteiger partial charge in [-0.2, -0.15) is 0 Å². The van der Waals surface area contributed by atoms with Crippen LogP contribution in [0.15, 0.2) is 18.2 Å². The highest BCUT2D eigenvalue weighted by atomic mass is 35.5. The van der Waals surface area contributed by atoms with Crippen LogP contribution in [0.25, 0.3) is 0 Å². The van der Waals surface area contributed by atoms with Gasteiger partial charge < -0.3 is 11.1 Å². The number of halogens is 2. The zero-order chi connectivity index (χ0) is 16.3. The van der Waals surface area contributed by atoms with Crippen molar-refractivity contribution in [2.45, 2.75) is 39.8 Å². The van der Waals surface area contributed by atoms with E-state index in [1.165, 1.54) is 6.07 Å². The van der Waals surface area contributed by atoms with E-state index >= 15 is 0 Å². The van der Waals surface area contributed by atoms with Crippen molar-refractivity contribution >= 4 is 18.3 Å². The maximum atomic E-state index is 13.5. The first-order valence-electron chi connectivity index (χ1n) is 7.77. The number of nitrogens with two attached hydrogens (primary N) is 1. The van der Waals surface area contributed by atoms with Gasteiger partial charge in [0, 0.05) is 25.7 Å². The van der Waals surface area contributed by atoms with E-state index < -0.39 is 0 Å². The van der Waals surface area contributed by atoms with Gasteiger partial charge >= 0.3 is 0 Å². The number of piperidine rings is 1. The molecule has 130 valence electrons. The molecule has 1 aromatic carbocycles. The lowest BCUT2D eigenvalue weighted by Gasteiger charge is -2.42. The Morgan fingerprint density at radius 2 is 2.17 bits per heavy atom. The summed E-state index contributed by atoms with van der Waals surface area (Å²) in [5, 5.41) is 2.85. The number of hydrogen-bond donors (Lipinski definition) is 2. The van der Waals surface area contributed by atoms with Gasteiger partial charge in [0.2, 0.25) is 5.91 Å². The SMILES string of the molecule is Cc1ccc(CNC(=O)CN2CCC(N)C(C)(C)C2)cc1F.Cl. The van der Waals surface area contributed by atoms with Crippen molar-refractivity contribution in [3.8, 4) is 0 Å². The first-order valence-corrected chi connectivity index (χ1v) is 7.77. The molecular formula is C17H27ClFN3O. The molecule has 0 radical (unpaired) electrons. The molecule has 1 aromatic rings. The molecule has 1 amide bonds. The van der Waals surface area contributed by atoms with Crippen LogP contribution in [0.1, 0.15) is 31.4 Å². The number of hydrogen-bond acceptors (Lipinski definition) is 3. The summed E-state index contributed by atoms with van der Waals surface area (Å²) in [5.74, 6) is -0.272. The van der Waals surface area contributed by atoms with Crippen LogP contribution in [0.4, 0.5) is 4.39 Å². The molecular weight excluding hydrogens is 317 g/mol. The Balaban J connectivity index is 0.00000264. The molecule has 23 heavy (non-hydrogen) atoms. The Kier molecular flexibility index (Phi) is 6.99. The number of carbonyl (C=O) groups is 1. The molecule has 1 heterocycles. The van der Waals surface area contributed by atoms with Crippen LogP contribution in [0, 0.1) is 18.2 Å². The molecule has 0 saturated carbocycles. The number of amides is 1. The maximum Gasteiger partial charge on any atom is 0.234 e. The third-order valence-corrected chi connectivity index (χ3v) is 4.48. The van der Waals surface area contributed by atoms with Gasteiger partial charge in [-0.1, -0.05) is 26.0 Å². The number of rotatable bonds is 4. The molecule has 1 unspecified atom stereocenters. The van der Waals surface area contributed by atoms with Crippen LogP contribution in [0.3, 0.4) is 0 Å². The molecule has 4 nitrogen and oxygen atoms in total. The average molecular weight is 344 g/mol. The molecule has 1 aliphatic rings. The summed E-state index contributed by atoms with van der Waals surface area (Å²) in [6.45, 7) is 8.38. The Bertz CT molecular complexity index is 551. The minimum atomic E-state index is -0.237. The number of nitrogens with one attached hydrogen (secondary N) is 1. The fourth-order valence-corrected chi connectivity index (χ4v) is 2.83. The summed E-state index contributed by atoms with van der Waals surface area (Å²) in [6.07, 6.45) is 0.906. The van der Waals surface area contributed by atoms with E-state index in [2.05, 4.69) is 24.1 Å². The van der Waals surface area contributed by atoms with Crippen LogP contribution in [-0.2, 0) is 11.3 Å². The van der Waals surface area contributed by atoms with Gasteiger partial charge in [-0.15, -0.1) is 12.4 Å². The van der Waals surface area contributed by atoms with Crippen LogP contribution in [0.2, 0.25) is 0 Å². The zero-order valence-electron chi connectivity index (χ0n) is 14.1. The van der Waals surface area contributed by atoms with Crippen molar-refractivity contribution in [3.63, 3.8) is 0 Å². The minimum Gasteiger partial charge on any atom is -0.351 e. The third kappa shape index (κ3) is 5.44. The molecule has 0 spiro atoms. The van der Waals surface area contributed by atoms with Gasteiger partial charge in [0.15, 0.2) is 0 Å². The summed E-state index contributed by atoms with van der Waals surface area (Å²) in [4.78, 5) is 14.2. The summed E-state index contributed by atoms with van der Waals surface area (Å²) >= 11 is 0. The second-order valence-electron chi connectivity index (χ2n) is 6.95. The van der Waals surface area contributed by atoms with Gasteiger partial charge in [0.05, 0.1) is 6.54 Å². The van der Waals surface area contributed by atoms with Crippen molar-refractivity contribution < 1.29 is 9.18 Å². The smallest absolute Gasteiger partial charge is 0.234 e. The number of carbonyl (C=O) groups excluding carboxylic acids is 1. The molecule has 0 aliphatic carbocycles. The highest BCUT2D eigenvalue weighted by Crippen LogP contribution is 2.27. The highest BCUT2D eigenvalue weighted by Gasteiger charge is 2.33. The topological polar surface area (TPSA) is 58.4 Å². The second kappa shape index (κ2) is 8.08. The van der Waals surface area contributed by atoms with Crippen molar-refractivity contribution in [1.29, 1.82) is 0 Å². The van der Waals surface area contributed by atoms with E-state index in [1.807, 2.05) is 6.07 Å². The monoisotopic (exact) mass is 343 g/mol. The predicted molar refractivity (Wildman–Crippen MR) is 93.0 cm³/mol. The van der Waals surface area contributed by atoms with Crippen molar-refractivity contribution in [2.75, 3.05) is 19.6 Å². The lowest BCUT2D eigenvalue weighted by Crippen LogP contribution is -2.54. The van der Waals surface area contributed by atoms with Crippen LogP contribution >= 0.6 is 12.4 Å². The first-order chi connectivity index (χ1) is 10.3. The summed E-state index contributed by atoms with van der Waals surface area (Å²) in [6, 6.07) is 5.22. The largest absolute Gasteiger partial charge is 0.351 e. The molecule has 1 aliphatic heterocycles. The fraction of sp³-hybridized carbons (Fsp3) is 0.588. The van der Waals surface area contributed by atoms with Crippen molar-refractivity contribution in [3.05, 3.63) is 35.1 Å². The molecule has 1 saturated heterocycles. The van der Waals surface area contributed by atoms with E-state index in [4.69, 9.17) is 5.73 Å². The summed E-state index contributed by atoms with van der Waals surface area (Å²) < 4.78 is 13.5. The molecule has 3 N–H and O–H groups in total. The van der Waals surface area contributed by atoms with Gasteiger partial charge in [-0.25, -0.2) is 4.39 Å². The van der Waals surface area contributed by atoms with Gasteiger partial charge in [0.1, 0.15) is 5.82 Å². The normalized spacial score (nSPS) is 20.7. The quantitative estimate of drug-likeness (QED) is 0.881. The average Bonchev–Trinajstić information content (AvgIpc) is 2.44. The number of nitrogens with zero attached hydrogens (tertiary/aromatic N) is 1. The van der Waals surface area contributed by atoms with E-state index in [0.717, 1.165) is 25.1 Å². The Morgan fingerprint density at radius 1 is 1.48 bits per heavy atom. The lowest BCUT2D eigenvalue weighted by atomic mass is 9.80. The van der Waals surface area contributed by atoms with E-state index in [9.17, 15) is 9.18 Å². The van der Waals surface area contributed by atoms with Gasteiger partial charge in [-0.05, 0) is 36.0 Å². The molecule has 1 fully saturated rings. The number of likely N-dealkylation sites (tertiary alicyclic amines) is 1. The zero-order valence-corrected chi connectivity index (χ0v) is 14.9. The Hall–Kier alpha value is -1.17. The lowest BCUT2D eigenvalue weighted by molar-refractivity contribution is -0.123. The molecule has 1 atom stereocenters.